The second kappa shape index (κ2) is 4.67. The van der Waals surface area contributed by atoms with Gasteiger partial charge in [0.15, 0.2) is 0 Å². The first-order valence-corrected chi connectivity index (χ1v) is 2.73. The Morgan fingerprint density at radius 2 is 2.38 bits per heavy atom. The van der Waals surface area contributed by atoms with Crippen molar-refractivity contribution in [3.8, 4) is 0 Å². The van der Waals surface area contributed by atoms with Crippen molar-refractivity contribution in [2.24, 2.45) is 0 Å². The van der Waals surface area contributed by atoms with Crippen LogP contribution in [0.15, 0.2) is 23.6 Å². The lowest BCUT2D eigenvalue weighted by molar-refractivity contribution is 0.213. The summed E-state index contributed by atoms with van der Waals surface area (Å²) in [5, 5.41) is 10.7. The summed E-state index contributed by atoms with van der Waals surface area (Å²) in [6.45, 7) is 3.39. The molecule has 0 aromatic carbocycles. The van der Waals surface area contributed by atoms with E-state index in [1.165, 1.54) is 12.4 Å². The van der Waals surface area contributed by atoms with Gasteiger partial charge in [0.1, 0.15) is 4.61 Å². The average molecular weight is 179 g/mol. The average Bonchev–Trinajstić information content (AvgIpc) is 1.68. The smallest absolute Gasteiger partial charge is 0.100 e. The standard InChI is InChI=1S/C4H7BrN2O/c1-2-6-4(5)3-7-8/h2-3,6-8H,1H2/b4-3-. The minimum Gasteiger partial charge on any atom is -0.355 e. The van der Waals surface area contributed by atoms with Crippen molar-refractivity contribution < 1.29 is 5.21 Å². The highest BCUT2D eigenvalue weighted by molar-refractivity contribution is 9.11. The monoisotopic (exact) mass is 178 g/mol. The molecule has 0 aromatic rings. The van der Waals surface area contributed by atoms with Crippen LogP contribution in [0.25, 0.3) is 0 Å². The second-order valence-corrected chi connectivity index (χ2v) is 1.82. The molecule has 0 bridgehead atoms. The van der Waals surface area contributed by atoms with E-state index in [1.54, 1.807) is 0 Å². The number of hydroxylamine groups is 1. The summed E-state index contributed by atoms with van der Waals surface area (Å²) in [6, 6.07) is 0. The van der Waals surface area contributed by atoms with Gasteiger partial charge in [-0.1, -0.05) is 6.58 Å². The zero-order chi connectivity index (χ0) is 6.41. The van der Waals surface area contributed by atoms with Gasteiger partial charge in [0.25, 0.3) is 0 Å². The van der Waals surface area contributed by atoms with E-state index in [2.05, 4.69) is 27.8 Å². The van der Waals surface area contributed by atoms with Crippen LogP contribution in [-0.2, 0) is 0 Å². The number of hydrogen-bond donors (Lipinski definition) is 3. The quantitative estimate of drug-likeness (QED) is 0.445. The molecule has 0 unspecified atom stereocenters. The van der Waals surface area contributed by atoms with Crippen molar-refractivity contribution in [3.05, 3.63) is 23.6 Å². The summed E-state index contributed by atoms with van der Waals surface area (Å²) in [7, 11) is 0. The largest absolute Gasteiger partial charge is 0.355 e. The maximum atomic E-state index is 8.03. The fourth-order valence-corrected chi connectivity index (χ4v) is 0.460. The van der Waals surface area contributed by atoms with Crippen LogP contribution >= 0.6 is 15.9 Å². The third-order valence-electron chi connectivity index (χ3n) is 0.431. The molecule has 0 saturated heterocycles. The molecular weight excluding hydrogens is 172 g/mol. The molecule has 0 radical (unpaired) electrons. The van der Waals surface area contributed by atoms with E-state index in [0.717, 1.165) is 0 Å². The molecule has 0 atom stereocenters. The van der Waals surface area contributed by atoms with Gasteiger partial charge in [-0.15, -0.1) is 0 Å². The van der Waals surface area contributed by atoms with Gasteiger partial charge in [-0.3, -0.25) is 10.7 Å². The number of hydrogen-bond acceptors (Lipinski definition) is 3. The predicted molar refractivity (Wildman–Crippen MR) is 35.3 cm³/mol. The van der Waals surface area contributed by atoms with Crippen LogP contribution < -0.4 is 10.8 Å². The third-order valence-corrected chi connectivity index (χ3v) is 0.889. The molecule has 0 saturated carbocycles. The van der Waals surface area contributed by atoms with Crippen molar-refractivity contribution in [3.63, 3.8) is 0 Å². The van der Waals surface area contributed by atoms with Gasteiger partial charge in [-0.2, -0.15) is 0 Å². The van der Waals surface area contributed by atoms with Crippen molar-refractivity contribution >= 4 is 15.9 Å². The Morgan fingerprint density at radius 1 is 1.75 bits per heavy atom. The third kappa shape index (κ3) is 3.70. The van der Waals surface area contributed by atoms with E-state index < -0.39 is 0 Å². The lowest BCUT2D eigenvalue weighted by Crippen LogP contribution is -2.03. The Hall–Kier alpha value is -0.480. The molecule has 0 aromatic heterocycles. The molecule has 0 aliphatic carbocycles. The first kappa shape index (κ1) is 7.52. The second-order valence-electron chi connectivity index (χ2n) is 0.970. The van der Waals surface area contributed by atoms with Crippen LogP contribution in [0.4, 0.5) is 0 Å². The van der Waals surface area contributed by atoms with Crippen LogP contribution in [0.1, 0.15) is 0 Å². The topological polar surface area (TPSA) is 44.3 Å². The molecular formula is C4H7BrN2O. The van der Waals surface area contributed by atoms with Gasteiger partial charge in [0, 0.05) is 0 Å². The van der Waals surface area contributed by atoms with Gasteiger partial charge in [0.2, 0.25) is 0 Å². The Labute approximate surface area is 56.2 Å². The zero-order valence-electron chi connectivity index (χ0n) is 4.19. The van der Waals surface area contributed by atoms with E-state index in [4.69, 9.17) is 5.21 Å². The molecule has 3 N–H and O–H groups in total. The number of nitrogens with one attached hydrogen (secondary N) is 2. The molecule has 0 spiro atoms. The van der Waals surface area contributed by atoms with Crippen LogP contribution in [0.5, 0.6) is 0 Å². The van der Waals surface area contributed by atoms with E-state index in [1.807, 2.05) is 5.48 Å². The highest BCUT2D eigenvalue weighted by atomic mass is 79.9. The molecule has 0 fully saturated rings. The first-order valence-electron chi connectivity index (χ1n) is 1.94. The van der Waals surface area contributed by atoms with Gasteiger partial charge in [0.05, 0.1) is 6.20 Å². The molecule has 0 amide bonds. The fraction of sp³-hybridized carbons (Fsp3) is 0. The molecule has 0 heterocycles. The summed E-state index contributed by atoms with van der Waals surface area (Å²) < 4.78 is 0.620. The Kier molecular flexibility index (Phi) is 4.39. The maximum Gasteiger partial charge on any atom is 0.100 e. The van der Waals surface area contributed by atoms with Gasteiger partial charge in [-0.05, 0) is 22.1 Å². The molecule has 8 heavy (non-hydrogen) atoms. The van der Waals surface area contributed by atoms with Gasteiger partial charge in [-0.25, -0.2) is 0 Å². The molecule has 46 valence electrons. The maximum absolute atomic E-state index is 8.03. The van der Waals surface area contributed by atoms with Crippen molar-refractivity contribution in [2.45, 2.75) is 0 Å². The Bertz CT molecular complexity index is 102. The fourth-order valence-electron chi connectivity index (χ4n) is 0.196. The van der Waals surface area contributed by atoms with E-state index in [0.29, 0.717) is 4.61 Å². The summed E-state index contributed by atoms with van der Waals surface area (Å²) >= 11 is 3.05. The predicted octanol–water partition coefficient (Wildman–Crippen LogP) is 0.892. The Balaban J connectivity index is 3.44. The van der Waals surface area contributed by atoms with Crippen LogP contribution in [0, 0.1) is 0 Å². The minimum atomic E-state index is 0.620. The molecule has 3 nitrogen and oxygen atoms in total. The lowest BCUT2D eigenvalue weighted by Gasteiger charge is -1.93. The molecule has 0 aliphatic rings. The summed E-state index contributed by atoms with van der Waals surface area (Å²) in [4.78, 5) is 0. The highest BCUT2D eigenvalue weighted by Gasteiger charge is 1.79. The van der Waals surface area contributed by atoms with E-state index >= 15 is 0 Å². The van der Waals surface area contributed by atoms with E-state index in [-0.39, 0.29) is 0 Å². The number of rotatable bonds is 3. The Morgan fingerprint density at radius 3 is 2.75 bits per heavy atom. The summed E-state index contributed by atoms with van der Waals surface area (Å²) in [5.74, 6) is 0. The molecule has 4 heteroatoms. The summed E-state index contributed by atoms with van der Waals surface area (Å²) in [6.07, 6.45) is 2.82. The molecule has 0 rings (SSSR count). The summed E-state index contributed by atoms with van der Waals surface area (Å²) in [5.41, 5.74) is 1.83. The molecule has 0 aliphatic heterocycles. The first-order chi connectivity index (χ1) is 3.81. The highest BCUT2D eigenvalue weighted by Crippen LogP contribution is 1.95. The van der Waals surface area contributed by atoms with Crippen LogP contribution in [-0.4, -0.2) is 5.21 Å². The van der Waals surface area contributed by atoms with Crippen LogP contribution in [0.3, 0.4) is 0 Å². The zero-order valence-corrected chi connectivity index (χ0v) is 5.77. The van der Waals surface area contributed by atoms with Gasteiger partial charge < -0.3 is 5.32 Å². The van der Waals surface area contributed by atoms with Crippen molar-refractivity contribution in [1.82, 2.24) is 10.8 Å². The SMILES string of the molecule is C=CN/C(Br)=C\NO. The van der Waals surface area contributed by atoms with Crippen molar-refractivity contribution in [1.29, 1.82) is 0 Å². The number of halogens is 1. The van der Waals surface area contributed by atoms with Crippen molar-refractivity contribution in [2.75, 3.05) is 0 Å². The lowest BCUT2D eigenvalue weighted by atomic mass is 10.8. The van der Waals surface area contributed by atoms with E-state index in [9.17, 15) is 0 Å². The van der Waals surface area contributed by atoms with Crippen LogP contribution in [0.2, 0.25) is 0 Å². The minimum absolute atomic E-state index is 0.620. The normalized spacial score (nSPS) is 10.5. The van der Waals surface area contributed by atoms with Gasteiger partial charge >= 0.3 is 0 Å².